The van der Waals surface area contributed by atoms with Crippen LogP contribution in [-0.2, 0) is 16.8 Å². The average Bonchev–Trinajstić information content (AvgIpc) is 3.06. The summed E-state index contributed by atoms with van der Waals surface area (Å²) in [6.45, 7) is 6.28. The van der Waals surface area contributed by atoms with Gasteiger partial charge in [0.15, 0.2) is 0 Å². The minimum absolute atomic E-state index is 0.192. The molecule has 2 aliphatic heterocycles. The summed E-state index contributed by atoms with van der Waals surface area (Å²) < 4.78 is 11.2. The molecule has 0 bridgehead atoms. The van der Waals surface area contributed by atoms with Crippen LogP contribution >= 0.6 is 11.6 Å². The highest BCUT2D eigenvalue weighted by Gasteiger charge is 2.48. The molecule has 0 aromatic heterocycles. The van der Waals surface area contributed by atoms with Crippen LogP contribution in [0.5, 0.6) is 5.75 Å². The fourth-order valence-corrected chi connectivity index (χ4v) is 5.35. The van der Waals surface area contributed by atoms with Crippen molar-refractivity contribution in [1.82, 2.24) is 4.90 Å². The largest absolute Gasteiger partial charge is 0.495 e. The van der Waals surface area contributed by atoms with Crippen molar-refractivity contribution in [2.45, 2.75) is 44.3 Å². The van der Waals surface area contributed by atoms with Crippen molar-refractivity contribution >= 4 is 23.4 Å². The molecule has 1 spiro atoms. The van der Waals surface area contributed by atoms with Crippen LogP contribution in [0.1, 0.15) is 37.8 Å². The molecule has 0 saturated carbocycles. The molecule has 1 saturated heterocycles. The summed E-state index contributed by atoms with van der Waals surface area (Å²) in [6, 6.07) is 13.5. The first kappa shape index (κ1) is 22.7. The minimum atomic E-state index is -0.863. The van der Waals surface area contributed by atoms with Crippen LogP contribution < -0.4 is 9.64 Å². The molecule has 0 atom stereocenters. The minimum Gasteiger partial charge on any atom is -0.495 e. The Bertz CT molecular complexity index is 966. The first-order valence-corrected chi connectivity index (χ1v) is 11.4. The maximum atomic E-state index is 12.7. The van der Waals surface area contributed by atoms with Crippen LogP contribution in [0.3, 0.4) is 0 Å². The number of nitrogens with zero attached hydrogens (tertiary/aromatic N) is 2. The highest BCUT2D eigenvalue weighted by atomic mass is 35.5. The van der Waals surface area contributed by atoms with Gasteiger partial charge in [0, 0.05) is 42.2 Å². The highest BCUT2D eigenvalue weighted by molar-refractivity contribution is 6.32. The number of halogens is 1. The molecule has 7 heteroatoms. The number of carbonyl (C=O) groups excluding carboxylic acids is 1. The van der Waals surface area contributed by atoms with E-state index in [1.54, 1.807) is 25.9 Å². The number of anilines is 1. The first-order valence-electron chi connectivity index (χ1n) is 11.0. The van der Waals surface area contributed by atoms with E-state index < -0.39 is 5.60 Å². The molecule has 172 valence electrons. The number of aliphatic hydroxyl groups is 1. The van der Waals surface area contributed by atoms with Crippen LogP contribution in [0.4, 0.5) is 10.5 Å². The third kappa shape index (κ3) is 4.52. The molecule has 2 aromatic carbocycles. The molecule has 2 aromatic rings. The number of amides is 1. The molecule has 4 rings (SSSR count). The number of hydrogen-bond acceptors (Lipinski definition) is 5. The number of carbonyl (C=O) groups is 1. The van der Waals surface area contributed by atoms with Crippen LogP contribution in [-0.4, -0.2) is 55.0 Å². The number of piperidine rings is 1. The normalized spacial score (nSPS) is 17.4. The van der Waals surface area contributed by atoms with E-state index in [4.69, 9.17) is 21.1 Å². The van der Waals surface area contributed by atoms with Crippen molar-refractivity contribution < 1.29 is 19.4 Å². The molecular formula is C25H31ClN2O4. The molecule has 0 radical (unpaired) electrons. The van der Waals surface area contributed by atoms with Gasteiger partial charge in [0.25, 0.3) is 0 Å². The van der Waals surface area contributed by atoms with Gasteiger partial charge in [-0.15, -0.1) is 0 Å². The number of β-amino-alcohol motifs (C(OH)–C–C–N with tert-alkyl or cyclic N) is 1. The summed E-state index contributed by atoms with van der Waals surface area (Å²) in [5, 5.41) is 11.2. The van der Waals surface area contributed by atoms with Gasteiger partial charge in [0.1, 0.15) is 12.4 Å². The molecule has 0 aliphatic carbocycles. The smallest absolute Gasteiger partial charge is 0.410 e. The number of benzene rings is 2. The summed E-state index contributed by atoms with van der Waals surface area (Å²) in [5.41, 5.74) is 1.95. The highest BCUT2D eigenvalue weighted by Crippen LogP contribution is 2.53. The molecule has 32 heavy (non-hydrogen) atoms. The van der Waals surface area contributed by atoms with E-state index in [0.29, 0.717) is 24.7 Å². The molecule has 2 heterocycles. The third-order valence-corrected chi connectivity index (χ3v) is 6.73. The van der Waals surface area contributed by atoms with E-state index in [1.165, 1.54) is 0 Å². The lowest BCUT2D eigenvalue weighted by Crippen LogP contribution is -2.48. The zero-order valence-electron chi connectivity index (χ0n) is 18.9. The Kier molecular flexibility index (Phi) is 6.28. The fourth-order valence-electron chi connectivity index (χ4n) is 4.99. The van der Waals surface area contributed by atoms with Gasteiger partial charge in [-0.3, -0.25) is 0 Å². The fraction of sp³-hybridized carbons (Fsp3) is 0.480. The summed E-state index contributed by atoms with van der Waals surface area (Å²) in [5.74, 6) is 0.759. The SMILES string of the molecule is COc1ccc(Cl)c2c1N(CC(C)(C)O)CC21CCN(C(=O)OCc2ccccc2)CC1. The lowest BCUT2D eigenvalue weighted by Gasteiger charge is -2.40. The quantitative estimate of drug-likeness (QED) is 0.708. The van der Waals surface area contributed by atoms with Crippen molar-refractivity contribution in [3.8, 4) is 5.75 Å². The number of rotatable bonds is 5. The van der Waals surface area contributed by atoms with Crippen molar-refractivity contribution in [1.29, 1.82) is 0 Å². The number of methoxy groups -OCH3 is 1. The number of hydrogen-bond donors (Lipinski definition) is 1. The van der Waals surface area contributed by atoms with Gasteiger partial charge in [-0.05, 0) is 44.4 Å². The van der Waals surface area contributed by atoms with Gasteiger partial charge in [0.05, 0.1) is 18.4 Å². The van der Waals surface area contributed by atoms with E-state index in [9.17, 15) is 9.90 Å². The lowest BCUT2D eigenvalue weighted by atomic mass is 9.74. The number of ether oxygens (including phenoxy) is 2. The van der Waals surface area contributed by atoms with Crippen molar-refractivity contribution in [2.24, 2.45) is 0 Å². The van der Waals surface area contributed by atoms with E-state index in [0.717, 1.165) is 42.0 Å². The van der Waals surface area contributed by atoms with Crippen LogP contribution in [0, 0.1) is 0 Å². The van der Waals surface area contributed by atoms with Gasteiger partial charge in [0.2, 0.25) is 0 Å². The zero-order chi connectivity index (χ0) is 22.9. The second-order valence-corrected chi connectivity index (χ2v) is 9.86. The topological polar surface area (TPSA) is 62.2 Å². The Hall–Kier alpha value is -2.44. The Balaban J connectivity index is 1.51. The second kappa shape index (κ2) is 8.83. The van der Waals surface area contributed by atoms with E-state index in [-0.39, 0.29) is 18.1 Å². The van der Waals surface area contributed by atoms with Gasteiger partial charge >= 0.3 is 6.09 Å². The van der Waals surface area contributed by atoms with Gasteiger partial charge in [-0.1, -0.05) is 41.9 Å². The lowest BCUT2D eigenvalue weighted by molar-refractivity contribution is 0.0762. The average molecular weight is 459 g/mol. The predicted molar refractivity (Wildman–Crippen MR) is 126 cm³/mol. The number of likely N-dealkylation sites (tertiary alicyclic amines) is 1. The van der Waals surface area contributed by atoms with Crippen LogP contribution in [0.2, 0.25) is 5.02 Å². The van der Waals surface area contributed by atoms with E-state index in [1.807, 2.05) is 42.5 Å². The summed E-state index contributed by atoms with van der Waals surface area (Å²) in [7, 11) is 1.65. The Morgan fingerprint density at radius 3 is 2.47 bits per heavy atom. The Morgan fingerprint density at radius 2 is 1.84 bits per heavy atom. The van der Waals surface area contributed by atoms with Gasteiger partial charge in [-0.2, -0.15) is 0 Å². The molecule has 1 N–H and O–H groups in total. The molecular weight excluding hydrogens is 428 g/mol. The number of fused-ring (bicyclic) bond motifs is 2. The maximum absolute atomic E-state index is 12.7. The molecule has 1 fully saturated rings. The summed E-state index contributed by atoms with van der Waals surface area (Å²) in [6.07, 6.45) is 1.26. The van der Waals surface area contributed by atoms with Crippen molar-refractivity contribution in [3.05, 3.63) is 58.6 Å². The van der Waals surface area contributed by atoms with E-state index >= 15 is 0 Å². The Labute approximate surface area is 194 Å². The molecule has 1 amide bonds. The van der Waals surface area contributed by atoms with E-state index in [2.05, 4.69) is 4.90 Å². The predicted octanol–water partition coefficient (Wildman–Crippen LogP) is 4.61. The first-order chi connectivity index (χ1) is 15.2. The summed E-state index contributed by atoms with van der Waals surface area (Å²) >= 11 is 6.72. The van der Waals surface area contributed by atoms with Gasteiger partial charge in [-0.25, -0.2) is 4.79 Å². The molecule has 6 nitrogen and oxygen atoms in total. The standard InChI is InChI=1S/C25H31ClN2O4/c1-24(2,30)16-28-17-25(21-19(26)9-10-20(31-3)22(21)28)11-13-27(14-12-25)23(29)32-15-18-7-5-4-6-8-18/h4-10,30H,11-17H2,1-3H3. The maximum Gasteiger partial charge on any atom is 0.410 e. The van der Waals surface area contributed by atoms with Crippen molar-refractivity contribution in [2.75, 3.05) is 38.2 Å². The second-order valence-electron chi connectivity index (χ2n) is 9.45. The zero-order valence-corrected chi connectivity index (χ0v) is 19.7. The Morgan fingerprint density at radius 1 is 1.16 bits per heavy atom. The van der Waals surface area contributed by atoms with Gasteiger partial charge < -0.3 is 24.4 Å². The summed E-state index contributed by atoms with van der Waals surface area (Å²) in [4.78, 5) is 16.6. The third-order valence-electron chi connectivity index (χ3n) is 6.41. The van der Waals surface area contributed by atoms with Crippen molar-refractivity contribution in [3.63, 3.8) is 0 Å². The monoisotopic (exact) mass is 458 g/mol. The van der Waals surface area contributed by atoms with Crippen LogP contribution in [0.25, 0.3) is 0 Å². The molecule has 0 unspecified atom stereocenters. The van der Waals surface area contributed by atoms with Crippen LogP contribution in [0.15, 0.2) is 42.5 Å². The molecule has 2 aliphatic rings.